The molecule has 2 heteroatoms. The van der Waals surface area contributed by atoms with Gasteiger partial charge < -0.3 is 4.90 Å². The van der Waals surface area contributed by atoms with Crippen LogP contribution < -0.4 is 0 Å². The van der Waals surface area contributed by atoms with Gasteiger partial charge in [-0.15, -0.1) is 0 Å². The Morgan fingerprint density at radius 3 is 1.71 bits per heavy atom. The Labute approximate surface area is 133 Å². The van der Waals surface area contributed by atoms with Gasteiger partial charge in [-0.25, -0.2) is 0 Å². The molecule has 21 heavy (non-hydrogen) atoms. The van der Waals surface area contributed by atoms with Crippen LogP contribution in [-0.4, -0.2) is 17.4 Å². The molecule has 0 bridgehead atoms. The minimum Gasteiger partial charge on any atom is -0.339 e. The van der Waals surface area contributed by atoms with Gasteiger partial charge in [0.1, 0.15) is 0 Å². The zero-order valence-electron chi connectivity index (χ0n) is 15.6. The van der Waals surface area contributed by atoms with Crippen molar-refractivity contribution in [2.24, 2.45) is 0 Å². The third-order valence-electron chi connectivity index (χ3n) is 2.16. The second kappa shape index (κ2) is 21.0. The van der Waals surface area contributed by atoms with Crippen LogP contribution in [0.15, 0.2) is 30.3 Å². The summed E-state index contributed by atoms with van der Waals surface area (Å²) in [7, 11) is 0. The molecule has 0 spiro atoms. The number of benzene rings is 1. The van der Waals surface area contributed by atoms with Crippen LogP contribution in [0, 0.1) is 0 Å². The van der Waals surface area contributed by atoms with E-state index in [0.717, 1.165) is 19.5 Å². The summed E-state index contributed by atoms with van der Waals surface area (Å²) in [6.07, 6.45) is 2.26. The second-order valence-electron chi connectivity index (χ2n) is 4.13. The molecule has 2 nitrogen and oxygen atoms in total. The smallest absolute Gasteiger partial charge is 0.219 e. The molecule has 1 aromatic carbocycles. The van der Waals surface area contributed by atoms with Crippen molar-refractivity contribution in [1.82, 2.24) is 4.90 Å². The molecular formula is C19H37NO. The molecule has 0 unspecified atom stereocenters. The van der Waals surface area contributed by atoms with Crippen LogP contribution in [0.1, 0.15) is 73.8 Å². The number of hydrogen-bond donors (Lipinski definition) is 0. The number of carbonyl (C=O) groups excluding carboxylic acids is 1. The molecule has 0 saturated carbocycles. The lowest BCUT2D eigenvalue weighted by Gasteiger charge is -2.20. The Hall–Kier alpha value is -1.31. The van der Waals surface area contributed by atoms with E-state index in [2.05, 4.69) is 20.8 Å². The van der Waals surface area contributed by atoms with Gasteiger partial charge in [0.15, 0.2) is 0 Å². The topological polar surface area (TPSA) is 20.3 Å². The fourth-order valence-corrected chi connectivity index (χ4v) is 1.42. The molecule has 0 N–H and O–H groups in total. The first-order valence-electron chi connectivity index (χ1n) is 8.45. The van der Waals surface area contributed by atoms with Crippen molar-refractivity contribution >= 4 is 5.91 Å². The van der Waals surface area contributed by atoms with Crippen molar-refractivity contribution in [2.45, 2.75) is 74.8 Å². The Morgan fingerprint density at radius 2 is 1.38 bits per heavy atom. The summed E-state index contributed by atoms with van der Waals surface area (Å²) < 4.78 is 0. The maximum atomic E-state index is 11.3. The lowest BCUT2D eigenvalue weighted by molar-refractivity contribution is -0.129. The lowest BCUT2D eigenvalue weighted by atomic mass is 10.2. The molecular weight excluding hydrogens is 258 g/mol. The molecule has 0 saturated heterocycles. The van der Waals surface area contributed by atoms with Crippen molar-refractivity contribution in [1.29, 1.82) is 0 Å². The van der Waals surface area contributed by atoms with Gasteiger partial charge in [0, 0.05) is 20.0 Å². The first-order chi connectivity index (χ1) is 10.2. The fourth-order valence-electron chi connectivity index (χ4n) is 1.42. The average molecular weight is 296 g/mol. The number of hydrogen-bond acceptors (Lipinski definition) is 1. The number of amides is 1. The molecule has 1 aromatic rings. The van der Waals surface area contributed by atoms with Gasteiger partial charge in [-0.05, 0) is 12.0 Å². The van der Waals surface area contributed by atoms with E-state index in [1.807, 2.05) is 62.9 Å². The Bertz CT molecular complexity index is 296. The minimum atomic E-state index is 0.149. The molecule has 1 rings (SSSR count). The summed E-state index contributed by atoms with van der Waals surface area (Å²) in [6, 6.07) is 10.1. The second-order valence-corrected chi connectivity index (χ2v) is 4.13. The monoisotopic (exact) mass is 295 g/mol. The van der Waals surface area contributed by atoms with Gasteiger partial charge in [0.2, 0.25) is 5.91 Å². The SMILES string of the molecule is CC.CC.CCC.CCCN(Cc1ccccc1)C(C)=O. The zero-order chi connectivity index (χ0) is 17.1. The Kier molecular flexibility index (Phi) is 24.7. The predicted molar refractivity (Wildman–Crippen MR) is 96.5 cm³/mol. The highest BCUT2D eigenvalue weighted by Crippen LogP contribution is 2.04. The molecule has 124 valence electrons. The van der Waals surface area contributed by atoms with Crippen molar-refractivity contribution < 1.29 is 4.79 Å². The van der Waals surface area contributed by atoms with E-state index < -0.39 is 0 Å². The van der Waals surface area contributed by atoms with Crippen LogP contribution in [0.5, 0.6) is 0 Å². The van der Waals surface area contributed by atoms with E-state index in [1.54, 1.807) is 6.92 Å². The molecule has 0 atom stereocenters. The molecule has 0 radical (unpaired) electrons. The third-order valence-corrected chi connectivity index (χ3v) is 2.16. The summed E-state index contributed by atoms with van der Waals surface area (Å²) in [5, 5.41) is 0. The Morgan fingerprint density at radius 1 is 0.952 bits per heavy atom. The molecule has 0 fully saturated rings. The van der Waals surface area contributed by atoms with Gasteiger partial charge in [-0.2, -0.15) is 0 Å². The first kappa shape index (κ1) is 24.7. The molecule has 0 aliphatic carbocycles. The predicted octanol–water partition coefficient (Wildman–Crippen LogP) is 5.91. The van der Waals surface area contributed by atoms with Crippen LogP contribution in [0.25, 0.3) is 0 Å². The van der Waals surface area contributed by atoms with Gasteiger partial charge in [0.25, 0.3) is 0 Å². The van der Waals surface area contributed by atoms with E-state index in [-0.39, 0.29) is 5.91 Å². The van der Waals surface area contributed by atoms with Gasteiger partial charge in [-0.3, -0.25) is 4.79 Å². The minimum absolute atomic E-state index is 0.149. The quantitative estimate of drug-likeness (QED) is 0.675. The van der Waals surface area contributed by atoms with E-state index in [0.29, 0.717) is 0 Å². The Balaban J connectivity index is -0.000000399. The maximum Gasteiger partial charge on any atom is 0.219 e. The standard InChI is InChI=1S/C12H17NO.C3H8.2C2H6/c1-3-9-13(11(2)14)10-12-7-5-4-6-8-12;1-3-2;2*1-2/h4-8H,3,9-10H2,1-2H3;3H2,1-2H3;2*1-2H3. The highest BCUT2D eigenvalue weighted by Gasteiger charge is 2.06. The largest absolute Gasteiger partial charge is 0.339 e. The van der Waals surface area contributed by atoms with Crippen LogP contribution in [-0.2, 0) is 11.3 Å². The lowest BCUT2D eigenvalue weighted by Crippen LogP contribution is -2.28. The average Bonchev–Trinajstić information content (AvgIpc) is 2.52. The molecule has 0 aliphatic rings. The van der Waals surface area contributed by atoms with Gasteiger partial charge in [-0.1, -0.05) is 85.2 Å². The van der Waals surface area contributed by atoms with Crippen molar-refractivity contribution in [3.63, 3.8) is 0 Å². The summed E-state index contributed by atoms with van der Waals surface area (Å²) in [6.45, 7) is 17.5. The number of nitrogens with zero attached hydrogens (tertiary/aromatic N) is 1. The molecule has 0 aliphatic heterocycles. The van der Waals surface area contributed by atoms with E-state index in [4.69, 9.17) is 0 Å². The summed E-state index contributed by atoms with van der Waals surface area (Å²) in [5.41, 5.74) is 1.19. The van der Waals surface area contributed by atoms with Crippen molar-refractivity contribution in [3.05, 3.63) is 35.9 Å². The zero-order valence-corrected chi connectivity index (χ0v) is 15.6. The molecule has 0 aromatic heterocycles. The third kappa shape index (κ3) is 16.6. The number of carbonyl (C=O) groups is 1. The van der Waals surface area contributed by atoms with Gasteiger partial charge >= 0.3 is 0 Å². The van der Waals surface area contributed by atoms with E-state index in [1.165, 1.54) is 12.0 Å². The molecule has 1 amide bonds. The van der Waals surface area contributed by atoms with Gasteiger partial charge in [0.05, 0.1) is 0 Å². The number of rotatable bonds is 4. The van der Waals surface area contributed by atoms with Crippen LogP contribution >= 0.6 is 0 Å². The molecule has 0 heterocycles. The fraction of sp³-hybridized carbons (Fsp3) is 0.632. The maximum absolute atomic E-state index is 11.3. The van der Waals surface area contributed by atoms with Crippen LogP contribution in [0.3, 0.4) is 0 Å². The highest BCUT2D eigenvalue weighted by atomic mass is 16.2. The summed E-state index contributed by atoms with van der Waals surface area (Å²) in [5.74, 6) is 0.149. The van der Waals surface area contributed by atoms with Crippen molar-refractivity contribution in [3.8, 4) is 0 Å². The van der Waals surface area contributed by atoms with Crippen molar-refractivity contribution in [2.75, 3.05) is 6.54 Å². The summed E-state index contributed by atoms with van der Waals surface area (Å²) >= 11 is 0. The first-order valence-corrected chi connectivity index (χ1v) is 8.45. The normalized spacial score (nSPS) is 8.00. The highest BCUT2D eigenvalue weighted by molar-refractivity contribution is 5.73. The van der Waals surface area contributed by atoms with E-state index in [9.17, 15) is 4.79 Å². The summed E-state index contributed by atoms with van der Waals surface area (Å²) in [4.78, 5) is 13.1. The van der Waals surface area contributed by atoms with Crippen LogP contribution in [0.4, 0.5) is 0 Å². The van der Waals surface area contributed by atoms with Crippen LogP contribution in [0.2, 0.25) is 0 Å². The van der Waals surface area contributed by atoms with E-state index >= 15 is 0 Å².